The predicted octanol–water partition coefficient (Wildman–Crippen LogP) is 1.66. The van der Waals surface area contributed by atoms with Gasteiger partial charge in [-0.1, -0.05) is 5.57 Å². The quantitative estimate of drug-likeness (QED) is 0.538. The lowest BCUT2D eigenvalue weighted by molar-refractivity contribution is -0.148. The van der Waals surface area contributed by atoms with Gasteiger partial charge in [-0.15, -0.1) is 0 Å². The van der Waals surface area contributed by atoms with E-state index in [0.29, 0.717) is 6.42 Å². The first-order valence-corrected chi connectivity index (χ1v) is 4.36. The predicted molar refractivity (Wildman–Crippen MR) is 51.3 cm³/mol. The van der Waals surface area contributed by atoms with E-state index in [1.807, 2.05) is 20.8 Å². The number of hydrogen-bond donors (Lipinski definition) is 1. The van der Waals surface area contributed by atoms with Crippen molar-refractivity contribution in [2.45, 2.75) is 39.7 Å². The van der Waals surface area contributed by atoms with Crippen molar-refractivity contribution in [3.8, 4) is 0 Å². The summed E-state index contributed by atoms with van der Waals surface area (Å²) in [4.78, 5) is 11.2. The standard InChI is InChI=1S/C10H18O3/c1-8(5-6-11)7-9(12)13-10(2,3)4/h7,11H,5-6H2,1-4H3/b8-7+. The monoisotopic (exact) mass is 186 g/mol. The molecule has 0 aliphatic carbocycles. The lowest BCUT2D eigenvalue weighted by atomic mass is 10.2. The minimum Gasteiger partial charge on any atom is -0.457 e. The summed E-state index contributed by atoms with van der Waals surface area (Å²) >= 11 is 0. The number of carbonyl (C=O) groups is 1. The number of aliphatic hydroxyl groups is 1. The van der Waals surface area contributed by atoms with Crippen molar-refractivity contribution in [1.29, 1.82) is 0 Å². The van der Waals surface area contributed by atoms with Gasteiger partial charge in [-0.2, -0.15) is 0 Å². The van der Waals surface area contributed by atoms with Crippen LogP contribution in [-0.4, -0.2) is 23.3 Å². The zero-order valence-electron chi connectivity index (χ0n) is 8.76. The molecule has 0 atom stereocenters. The van der Waals surface area contributed by atoms with E-state index < -0.39 is 5.60 Å². The Kier molecular flexibility index (Phi) is 4.70. The van der Waals surface area contributed by atoms with Crippen molar-refractivity contribution in [1.82, 2.24) is 0 Å². The van der Waals surface area contributed by atoms with Crippen LogP contribution in [0.4, 0.5) is 0 Å². The number of ether oxygens (including phenoxy) is 1. The lowest BCUT2D eigenvalue weighted by Gasteiger charge is -2.18. The maximum atomic E-state index is 11.2. The molecule has 0 aliphatic heterocycles. The van der Waals surface area contributed by atoms with Crippen LogP contribution < -0.4 is 0 Å². The van der Waals surface area contributed by atoms with Gasteiger partial charge in [0.25, 0.3) is 0 Å². The van der Waals surface area contributed by atoms with Gasteiger partial charge in [0.1, 0.15) is 5.60 Å². The van der Waals surface area contributed by atoms with Gasteiger partial charge < -0.3 is 9.84 Å². The molecule has 0 aromatic heterocycles. The minimum absolute atomic E-state index is 0.0606. The molecule has 3 heteroatoms. The smallest absolute Gasteiger partial charge is 0.331 e. The molecule has 0 radical (unpaired) electrons. The average Bonchev–Trinajstić information content (AvgIpc) is 1.81. The van der Waals surface area contributed by atoms with E-state index in [9.17, 15) is 4.79 Å². The van der Waals surface area contributed by atoms with Crippen molar-refractivity contribution in [2.24, 2.45) is 0 Å². The normalized spacial score (nSPS) is 12.8. The van der Waals surface area contributed by atoms with Gasteiger partial charge in [-0.3, -0.25) is 0 Å². The Hall–Kier alpha value is -0.830. The van der Waals surface area contributed by atoms with Gasteiger partial charge in [-0.25, -0.2) is 4.79 Å². The highest BCUT2D eigenvalue weighted by molar-refractivity contribution is 5.83. The van der Waals surface area contributed by atoms with Crippen LogP contribution in [0.2, 0.25) is 0 Å². The third-order valence-electron chi connectivity index (χ3n) is 1.28. The number of hydrogen-bond acceptors (Lipinski definition) is 3. The molecule has 0 bridgehead atoms. The Labute approximate surface area is 79.4 Å². The van der Waals surface area contributed by atoms with Crippen LogP contribution in [-0.2, 0) is 9.53 Å². The molecular formula is C10H18O3. The van der Waals surface area contributed by atoms with E-state index >= 15 is 0 Å². The van der Waals surface area contributed by atoms with E-state index in [4.69, 9.17) is 9.84 Å². The van der Waals surface area contributed by atoms with Gasteiger partial charge in [0.15, 0.2) is 0 Å². The van der Waals surface area contributed by atoms with E-state index in [2.05, 4.69) is 0 Å². The number of esters is 1. The molecule has 0 aromatic carbocycles. The van der Waals surface area contributed by atoms with Crippen LogP contribution in [0.1, 0.15) is 34.1 Å². The Bertz CT molecular complexity index is 199. The Morgan fingerprint density at radius 2 is 2.00 bits per heavy atom. The first-order valence-electron chi connectivity index (χ1n) is 4.36. The summed E-state index contributed by atoms with van der Waals surface area (Å²) in [6.45, 7) is 7.31. The fraction of sp³-hybridized carbons (Fsp3) is 0.700. The molecule has 0 saturated heterocycles. The molecule has 0 unspecified atom stereocenters. The van der Waals surface area contributed by atoms with Crippen molar-refractivity contribution in [3.63, 3.8) is 0 Å². The molecule has 0 saturated carbocycles. The van der Waals surface area contributed by atoms with Gasteiger partial charge in [0.2, 0.25) is 0 Å². The zero-order chi connectivity index (χ0) is 10.5. The summed E-state index contributed by atoms with van der Waals surface area (Å²) in [6, 6.07) is 0. The van der Waals surface area contributed by atoms with Crippen molar-refractivity contribution >= 4 is 5.97 Å². The minimum atomic E-state index is -0.451. The number of carbonyl (C=O) groups excluding carboxylic acids is 1. The average molecular weight is 186 g/mol. The summed E-state index contributed by atoms with van der Waals surface area (Å²) < 4.78 is 5.06. The molecule has 0 aliphatic rings. The second-order valence-corrected chi connectivity index (χ2v) is 4.00. The molecule has 0 rings (SSSR count). The fourth-order valence-corrected chi connectivity index (χ4v) is 0.781. The topological polar surface area (TPSA) is 46.5 Å². The molecule has 0 fully saturated rings. The van der Waals surface area contributed by atoms with Crippen LogP contribution in [0.3, 0.4) is 0 Å². The van der Waals surface area contributed by atoms with Crippen molar-refractivity contribution in [3.05, 3.63) is 11.6 Å². The second-order valence-electron chi connectivity index (χ2n) is 4.00. The summed E-state index contributed by atoms with van der Waals surface area (Å²) in [6.07, 6.45) is 1.93. The molecule has 13 heavy (non-hydrogen) atoms. The third kappa shape index (κ3) is 7.53. The summed E-state index contributed by atoms with van der Waals surface area (Å²) in [5.41, 5.74) is 0.379. The first-order chi connectivity index (χ1) is 5.85. The molecule has 0 aromatic rings. The lowest BCUT2D eigenvalue weighted by Crippen LogP contribution is -2.22. The molecular weight excluding hydrogens is 168 g/mol. The van der Waals surface area contributed by atoms with Gasteiger partial charge in [0, 0.05) is 12.7 Å². The molecule has 0 spiro atoms. The van der Waals surface area contributed by atoms with Crippen LogP contribution in [0.25, 0.3) is 0 Å². The Morgan fingerprint density at radius 1 is 1.46 bits per heavy atom. The molecule has 3 nitrogen and oxygen atoms in total. The van der Waals surface area contributed by atoms with Crippen LogP contribution in [0.5, 0.6) is 0 Å². The fourth-order valence-electron chi connectivity index (χ4n) is 0.781. The molecule has 1 N–H and O–H groups in total. The number of rotatable bonds is 3. The second kappa shape index (κ2) is 5.02. The van der Waals surface area contributed by atoms with Gasteiger partial charge in [-0.05, 0) is 34.1 Å². The first kappa shape index (κ1) is 12.2. The van der Waals surface area contributed by atoms with E-state index in [1.54, 1.807) is 6.92 Å². The van der Waals surface area contributed by atoms with Crippen LogP contribution >= 0.6 is 0 Å². The largest absolute Gasteiger partial charge is 0.457 e. The van der Waals surface area contributed by atoms with E-state index in [-0.39, 0.29) is 12.6 Å². The van der Waals surface area contributed by atoms with E-state index in [0.717, 1.165) is 5.57 Å². The maximum Gasteiger partial charge on any atom is 0.331 e. The van der Waals surface area contributed by atoms with Crippen molar-refractivity contribution < 1.29 is 14.6 Å². The summed E-state index contributed by atoms with van der Waals surface area (Å²) in [7, 11) is 0. The molecule has 76 valence electrons. The Balaban J connectivity index is 4.07. The highest BCUT2D eigenvalue weighted by Gasteiger charge is 2.14. The maximum absolute atomic E-state index is 11.2. The summed E-state index contributed by atoms with van der Waals surface area (Å²) in [5, 5.41) is 8.59. The Morgan fingerprint density at radius 3 is 2.38 bits per heavy atom. The van der Waals surface area contributed by atoms with Crippen LogP contribution in [0, 0.1) is 0 Å². The van der Waals surface area contributed by atoms with Crippen molar-refractivity contribution in [2.75, 3.05) is 6.61 Å². The van der Waals surface area contributed by atoms with Gasteiger partial charge >= 0.3 is 5.97 Å². The van der Waals surface area contributed by atoms with Gasteiger partial charge in [0.05, 0.1) is 0 Å². The highest BCUT2D eigenvalue weighted by Crippen LogP contribution is 2.08. The number of aliphatic hydroxyl groups excluding tert-OH is 1. The zero-order valence-corrected chi connectivity index (χ0v) is 8.76. The highest BCUT2D eigenvalue weighted by atomic mass is 16.6. The third-order valence-corrected chi connectivity index (χ3v) is 1.28. The van der Waals surface area contributed by atoms with Crippen LogP contribution in [0.15, 0.2) is 11.6 Å². The van der Waals surface area contributed by atoms with E-state index in [1.165, 1.54) is 6.08 Å². The molecule has 0 heterocycles. The molecule has 0 amide bonds. The SMILES string of the molecule is C/C(=C\C(=O)OC(C)(C)C)CCO. The summed E-state index contributed by atoms with van der Waals surface area (Å²) in [5.74, 6) is -0.349.